The molecule has 120 valence electrons. The zero-order chi connectivity index (χ0) is 15.8. The number of aromatic nitrogens is 2. The van der Waals surface area contributed by atoms with E-state index >= 15 is 0 Å². The van der Waals surface area contributed by atoms with E-state index in [1.54, 1.807) is 13.0 Å². The molecule has 0 bridgehead atoms. The summed E-state index contributed by atoms with van der Waals surface area (Å²) in [6.07, 6.45) is 5.22. The van der Waals surface area contributed by atoms with Crippen LogP contribution in [-0.4, -0.2) is 22.4 Å². The van der Waals surface area contributed by atoms with Crippen molar-refractivity contribution in [2.45, 2.75) is 39.0 Å². The number of nitrogens with two attached hydrogens (primary N) is 1. The predicted molar refractivity (Wildman–Crippen MR) is 89.9 cm³/mol. The second kappa shape index (κ2) is 8.80. The molecule has 0 amide bonds. The molecular formula is C16H23FN4S. The number of nitrogens with zero attached hydrogens (tertiary/aromatic N) is 2. The first-order valence-corrected chi connectivity index (χ1v) is 8.48. The molecule has 0 aliphatic rings. The monoisotopic (exact) mass is 322 g/mol. The van der Waals surface area contributed by atoms with Crippen LogP contribution in [0.5, 0.6) is 0 Å². The molecule has 0 saturated carbocycles. The second-order valence-electron chi connectivity index (χ2n) is 5.41. The van der Waals surface area contributed by atoms with Crippen LogP contribution in [-0.2, 0) is 6.42 Å². The zero-order valence-electron chi connectivity index (χ0n) is 12.9. The van der Waals surface area contributed by atoms with E-state index in [1.165, 1.54) is 30.4 Å². The van der Waals surface area contributed by atoms with Gasteiger partial charge in [0.15, 0.2) is 0 Å². The van der Waals surface area contributed by atoms with Crippen molar-refractivity contribution in [3.05, 3.63) is 41.0 Å². The van der Waals surface area contributed by atoms with Gasteiger partial charge in [0.2, 0.25) is 5.13 Å². The molecular weight excluding hydrogens is 299 g/mol. The summed E-state index contributed by atoms with van der Waals surface area (Å²) in [5, 5.41) is 4.16. The average Bonchev–Trinajstić information content (AvgIpc) is 2.94. The van der Waals surface area contributed by atoms with Crippen molar-refractivity contribution in [2.24, 2.45) is 5.73 Å². The Balaban J connectivity index is 1.77. The molecule has 22 heavy (non-hydrogen) atoms. The van der Waals surface area contributed by atoms with Gasteiger partial charge in [-0.15, -0.1) is 0 Å². The molecule has 1 heterocycles. The molecule has 1 aromatic heterocycles. The number of aryl methyl sites for hydroxylation is 1. The molecule has 6 heteroatoms. The molecule has 0 fully saturated rings. The van der Waals surface area contributed by atoms with E-state index in [0.717, 1.165) is 42.5 Å². The van der Waals surface area contributed by atoms with E-state index in [2.05, 4.69) is 14.7 Å². The Hall–Kier alpha value is -1.53. The summed E-state index contributed by atoms with van der Waals surface area (Å²) in [6, 6.07) is 5.13. The van der Waals surface area contributed by atoms with Gasteiger partial charge in [-0.2, -0.15) is 4.37 Å². The van der Waals surface area contributed by atoms with Gasteiger partial charge in [0.05, 0.1) is 0 Å². The van der Waals surface area contributed by atoms with Crippen LogP contribution >= 0.6 is 11.5 Å². The lowest BCUT2D eigenvalue weighted by molar-refractivity contribution is 0.617. The fourth-order valence-electron chi connectivity index (χ4n) is 2.22. The lowest BCUT2D eigenvalue weighted by Crippen LogP contribution is -2.02. The number of hydrogen-bond acceptors (Lipinski definition) is 5. The van der Waals surface area contributed by atoms with Gasteiger partial charge >= 0.3 is 0 Å². The summed E-state index contributed by atoms with van der Waals surface area (Å²) in [6.45, 7) is 3.45. The third-order valence-corrected chi connectivity index (χ3v) is 4.17. The Morgan fingerprint density at radius 3 is 2.82 bits per heavy atom. The van der Waals surface area contributed by atoms with Crippen molar-refractivity contribution in [1.82, 2.24) is 9.36 Å². The number of hydrogen-bond donors (Lipinski definition) is 2. The van der Waals surface area contributed by atoms with E-state index in [9.17, 15) is 4.39 Å². The molecule has 0 atom stereocenters. The first kappa shape index (κ1) is 16.8. The van der Waals surface area contributed by atoms with Gasteiger partial charge < -0.3 is 11.1 Å². The number of anilines is 1. The number of nitrogens with one attached hydrogen (secondary N) is 1. The van der Waals surface area contributed by atoms with Gasteiger partial charge in [-0.3, -0.25) is 0 Å². The van der Waals surface area contributed by atoms with Gasteiger partial charge in [-0.05, 0) is 43.5 Å². The van der Waals surface area contributed by atoms with Gasteiger partial charge in [0, 0.05) is 24.5 Å². The highest BCUT2D eigenvalue weighted by Crippen LogP contribution is 2.16. The maximum Gasteiger partial charge on any atom is 0.202 e. The molecule has 1 aromatic carbocycles. The highest BCUT2D eigenvalue weighted by molar-refractivity contribution is 7.09. The summed E-state index contributed by atoms with van der Waals surface area (Å²) < 4.78 is 17.6. The molecule has 0 aliphatic heterocycles. The summed E-state index contributed by atoms with van der Waals surface area (Å²) in [5.41, 5.74) is 7.15. The predicted octanol–water partition coefficient (Wildman–Crippen LogP) is 3.51. The Kier molecular flexibility index (Phi) is 6.74. The standard InChI is InChI=1S/C16H23FN4S/c1-12-10-13(6-7-14(12)17)11-15-20-16(22-21-15)19-9-5-3-2-4-8-18/h6-7,10H,2-5,8-9,11,18H2,1H3,(H,19,20,21). The number of rotatable bonds is 9. The van der Waals surface area contributed by atoms with E-state index in [1.807, 2.05) is 6.07 Å². The third kappa shape index (κ3) is 5.35. The number of benzene rings is 1. The van der Waals surface area contributed by atoms with Crippen molar-refractivity contribution in [3.8, 4) is 0 Å². The molecule has 0 spiro atoms. The number of halogens is 1. The smallest absolute Gasteiger partial charge is 0.202 e. The Bertz CT molecular complexity index is 585. The van der Waals surface area contributed by atoms with Gasteiger partial charge in [-0.1, -0.05) is 25.0 Å². The molecule has 0 saturated heterocycles. The summed E-state index contributed by atoms with van der Waals surface area (Å²) in [5.74, 6) is 0.605. The maximum absolute atomic E-state index is 13.2. The van der Waals surface area contributed by atoms with Gasteiger partial charge in [-0.25, -0.2) is 9.37 Å². The van der Waals surface area contributed by atoms with Crippen molar-refractivity contribution in [2.75, 3.05) is 18.4 Å². The van der Waals surface area contributed by atoms with Gasteiger partial charge in [0.1, 0.15) is 11.6 Å². The van der Waals surface area contributed by atoms with Crippen LogP contribution in [0.15, 0.2) is 18.2 Å². The minimum atomic E-state index is -0.174. The van der Waals surface area contributed by atoms with Crippen LogP contribution < -0.4 is 11.1 Å². The normalized spacial score (nSPS) is 10.9. The molecule has 0 unspecified atom stereocenters. The van der Waals surface area contributed by atoms with Crippen LogP contribution in [0.2, 0.25) is 0 Å². The van der Waals surface area contributed by atoms with Crippen LogP contribution in [0, 0.1) is 12.7 Å². The molecule has 0 radical (unpaired) electrons. The van der Waals surface area contributed by atoms with E-state index in [-0.39, 0.29) is 5.82 Å². The molecule has 4 nitrogen and oxygen atoms in total. The van der Waals surface area contributed by atoms with Crippen molar-refractivity contribution >= 4 is 16.7 Å². The first-order chi connectivity index (χ1) is 10.7. The lowest BCUT2D eigenvalue weighted by Gasteiger charge is -2.02. The number of unbranched alkanes of at least 4 members (excludes halogenated alkanes) is 3. The van der Waals surface area contributed by atoms with Crippen molar-refractivity contribution in [1.29, 1.82) is 0 Å². The first-order valence-electron chi connectivity index (χ1n) is 7.70. The summed E-state index contributed by atoms with van der Waals surface area (Å²) >= 11 is 1.38. The minimum Gasteiger partial charge on any atom is -0.360 e. The Labute approximate surface area is 135 Å². The van der Waals surface area contributed by atoms with Crippen LogP contribution in [0.3, 0.4) is 0 Å². The largest absolute Gasteiger partial charge is 0.360 e. The fourth-order valence-corrected chi connectivity index (χ4v) is 2.83. The van der Waals surface area contributed by atoms with Gasteiger partial charge in [0.25, 0.3) is 0 Å². The molecule has 2 rings (SSSR count). The SMILES string of the molecule is Cc1cc(Cc2nsc(NCCCCCCN)n2)ccc1F. The second-order valence-corrected chi connectivity index (χ2v) is 6.16. The molecule has 2 aromatic rings. The van der Waals surface area contributed by atoms with Crippen LogP contribution in [0.1, 0.15) is 42.6 Å². The van der Waals surface area contributed by atoms with Crippen LogP contribution in [0.25, 0.3) is 0 Å². The highest BCUT2D eigenvalue weighted by Gasteiger charge is 2.06. The Morgan fingerprint density at radius 1 is 1.23 bits per heavy atom. The summed E-state index contributed by atoms with van der Waals surface area (Å²) in [4.78, 5) is 4.47. The summed E-state index contributed by atoms with van der Waals surface area (Å²) in [7, 11) is 0. The Morgan fingerprint density at radius 2 is 2.05 bits per heavy atom. The zero-order valence-corrected chi connectivity index (χ0v) is 13.8. The highest BCUT2D eigenvalue weighted by atomic mass is 32.1. The fraction of sp³-hybridized carbons (Fsp3) is 0.500. The van der Waals surface area contributed by atoms with E-state index in [0.29, 0.717) is 12.0 Å². The molecule has 0 aliphatic carbocycles. The lowest BCUT2D eigenvalue weighted by atomic mass is 10.1. The topological polar surface area (TPSA) is 63.8 Å². The quantitative estimate of drug-likeness (QED) is 0.694. The van der Waals surface area contributed by atoms with Crippen molar-refractivity contribution in [3.63, 3.8) is 0 Å². The average molecular weight is 322 g/mol. The van der Waals surface area contributed by atoms with Crippen LogP contribution in [0.4, 0.5) is 9.52 Å². The van der Waals surface area contributed by atoms with E-state index < -0.39 is 0 Å². The van der Waals surface area contributed by atoms with E-state index in [4.69, 9.17) is 5.73 Å². The molecule has 3 N–H and O–H groups in total. The maximum atomic E-state index is 13.2. The third-order valence-electron chi connectivity index (χ3n) is 3.46. The minimum absolute atomic E-state index is 0.174. The van der Waals surface area contributed by atoms with Crippen molar-refractivity contribution < 1.29 is 4.39 Å².